The highest BCUT2D eigenvalue weighted by Crippen LogP contribution is 2.06. The molecule has 0 fully saturated rings. The second kappa shape index (κ2) is 12.0. The largest absolute Gasteiger partial charge is 0.469 e. The lowest BCUT2D eigenvalue weighted by molar-refractivity contribution is -0.140. The minimum atomic E-state index is -0.544. The fourth-order valence-corrected chi connectivity index (χ4v) is 2.06. The minimum absolute atomic E-state index is 0.136. The van der Waals surface area contributed by atoms with Gasteiger partial charge in [-0.25, -0.2) is 4.79 Å². The molecule has 25 heavy (non-hydrogen) atoms. The van der Waals surface area contributed by atoms with Crippen molar-refractivity contribution >= 4 is 24.7 Å². The Hall–Kier alpha value is -2.47. The Kier molecular flexibility index (Phi) is 9.85. The van der Waals surface area contributed by atoms with Gasteiger partial charge >= 0.3 is 12.1 Å². The van der Waals surface area contributed by atoms with E-state index >= 15 is 0 Å². The molecule has 2 rings (SSSR count). The van der Waals surface area contributed by atoms with Crippen molar-refractivity contribution in [1.29, 1.82) is 0 Å². The molecule has 0 atom stereocenters. The second-order valence-corrected chi connectivity index (χ2v) is 5.67. The van der Waals surface area contributed by atoms with Crippen LogP contribution in [0.15, 0.2) is 59.5 Å². The maximum absolute atomic E-state index is 11.2. The smallest absolute Gasteiger partial charge is 0.407 e. The van der Waals surface area contributed by atoms with Crippen LogP contribution in [0.2, 0.25) is 0 Å². The number of methoxy groups -OCH3 is 1. The molecule has 134 valence electrons. The van der Waals surface area contributed by atoms with Crippen LogP contribution in [0, 0.1) is 6.92 Å². The summed E-state index contributed by atoms with van der Waals surface area (Å²) in [5.74, 6) is -0.367. The average Bonchev–Trinajstić information content (AvgIpc) is 2.61. The highest BCUT2D eigenvalue weighted by atomic mass is 32.1. The van der Waals surface area contributed by atoms with E-state index < -0.39 is 6.09 Å². The Labute approximate surface area is 153 Å². The highest BCUT2D eigenvalue weighted by molar-refractivity contribution is 7.80. The molecule has 0 aromatic heterocycles. The molecule has 0 heterocycles. The Bertz CT molecular complexity index is 644. The molecule has 2 aromatic carbocycles. The first kappa shape index (κ1) is 20.6. The summed E-state index contributed by atoms with van der Waals surface area (Å²) in [4.78, 5) is 23.0. The lowest BCUT2D eigenvalue weighted by Gasteiger charge is -2.06. The van der Waals surface area contributed by atoms with Crippen molar-refractivity contribution in [3.63, 3.8) is 0 Å². The van der Waals surface area contributed by atoms with E-state index in [2.05, 4.69) is 35.7 Å². The molecular weight excluding hydrogens is 338 g/mol. The number of hydrogen-bond acceptors (Lipinski definition) is 5. The highest BCUT2D eigenvalue weighted by Gasteiger charge is 2.04. The number of benzene rings is 2. The van der Waals surface area contributed by atoms with Crippen LogP contribution in [-0.2, 0) is 20.9 Å². The van der Waals surface area contributed by atoms with Crippen molar-refractivity contribution in [2.75, 3.05) is 13.7 Å². The van der Waals surface area contributed by atoms with E-state index in [1.165, 1.54) is 12.7 Å². The van der Waals surface area contributed by atoms with Crippen molar-refractivity contribution in [3.8, 4) is 0 Å². The van der Waals surface area contributed by atoms with Crippen molar-refractivity contribution in [3.05, 3.63) is 65.7 Å². The van der Waals surface area contributed by atoms with Gasteiger partial charge in [0, 0.05) is 11.4 Å². The van der Waals surface area contributed by atoms with Gasteiger partial charge in [-0.15, -0.1) is 12.6 Å². The Morgan fingerprint density at radius 2 is 1.80 bits per heavy atom. The topological polar surface area (TPSA) is 64.6 Å². The van der Waals surface area contributed by atoms with Crippen LogP contribution >= 0.6 is 12.6 Å². The molecule has 0 bridgehead atoms. The van der Waals surface area contributed by atoms with Gasteiger partial charge in [-0.1, -0.05) is 48.0 Å². The van der Waals surface area contributed by atoms with Crippen LogP contribution in [0.1, 0.15) is 17.5 Å². The van der Waals surface area contributed by atoms with Crippen molar-refractivity contribution in [1.82, 2.24) is 5.32 Å². The van der Waals surface area contributed by atoms with Crippen LogP contribution in [0.3, 0.4) is 0 Å². The third-order valence-corrected chi connectivity index (χ3v) is 3.32. The van der Waals surface area contributed by atoms with Gasteiger partial charge in [-0.3, -0.25) is 4.79 Å². The predicted molar refractivity (Wildman–Crippen MR) is 99.7 cm³/mol. The normalized spacial score (nSPS) is 9.40. The monoisotopic (exact) mass is 361 g/mol. The van der Waals surface area contributed by atoms with E-state index in [1.54, 1.807) is 0 Å². The molecule has 5 nitrogen and oxygen atoms in total. The molecule has 0 spiro atoms. The summed E-state index contributed by atoms with van der Waals surface area (Å²) in [6.07, 6.45) is -0.408. The van der Waals surface area contributed by atoms with E-state index in [-0.39, 0.29) is 25.5 Å². The number of esters is 1. The number of amides is 1. The zero-order chi connectivity index (χ0) is 18.5. The first-order valence-electron chi connectivity index (χ1n) is 7.78. The molecule has 2 aromatic rings. The van der Waals surface area contributed by atoms with Crippen LogP contribution in [0.5, 0.6) is 0 Å². The molecule has 0 aliphatic carbocycles. The number of nitrogens with one attached hydrogen (secondary N) is 1. The van der Waals surface area contributed by atoms with Gasteiger partial charge in [-0.2, -0.15) is 0 Å². The predicted octanol–water partition coefficient (Wildman–Crippen LogP) is 3.76. The molecule has 0 unspecified atom stereocenters. The van der Waals surface area contributed by atoms with Crippen LogP contribution < -0.4 is 5.32 Å². The fraction of sp³-hybridized carbons (Fsp3) is 0.263. The number of carbonyl (C=O) groups is 2. The Balaban J connectivity index is 0.000000324. The zero-order valence-corrected chi connectivity index (χ0v) is 15.3. The molecule has 0 saturated carbocycles. The van der Waals surface area contributed by atoms with E-state index in [9.17, 15) is 9.59 Å². The van der Waals surface area contributed by atoms with Crippen LogP contribution in [-0.4, -0.2) is 25.7 Å². The first-order chi connectivity index (χ1) is 12.0. The van der Waals surface area contributed by atoms with Gasteiger partial charge in [0.05, 0.1) is 13.5 Å². The summed E-state index contributed by atoms with van der Waals surface area (Å²) < 4.78 is 9.37. The number of ether oxygens (including phenoxy) is 2. The number of carbonyl (C=O) groups excluding carboxylic acids is 2. The number of aryl methyl sites for hydroxylation is 1. The van der Waals surface area contributed by atoms with Crippen LogP contribution in [0.4, 0.5) is 4.79 Å². The number of hydrogen-bond donors (Lipinski definition) is 2. The number of thiol groups is 1. The molecular formula is C19H23NO4S. The molecule has 0 aliphatic rings. The van der Waals surface area contributed by atoms with Crippen LogP contribution in [0.25, 0.3) is 0 Å². The Morgan fingerprint density at radius 1 is 1.08 bits per heavy atom. The van der Waals surface area contributed by atoms with E-state index in [0.717, 1.165) is 10.5 Å². The summed E-state index contributed by atoms with van der Waals surface area (Å²) in [6.45, 7) is 2.48. The number of rotatable bonds is 5. The molecule has 0 aliphatic heterocycles. The molecule has 6 heteroatoms. The maximum atomic E-state index is 11.2. The molecule has 1 N–H and O–H groups in total. The zero-order valence-electron chi connectivity index (χ0n) is 14.4. The standard InChI is InChI=1S/C12H15NO4.C7H8S/c1-16-11(14)7-8-13-12(15)17-9-10-5-3-2-4-6-10;1-6-3-2-4-7(8)5-6/h2-6H,7-9H2,1H3,(H,13,15);2-5,8H,1H3. The maximum Gasteiger partial charge on any atom is 0.407 e. The van der Waals surface area contributed by atoms with Crippen molar-refractivity contribution in [2.45, 2.75) is 24.8 Å². The summed E-state index contributed by atoms with van der Waals surface area (Å²) >= 11 is 4.15. The van der Waals surface area contributed by atoms with E-state index in [4.69, 9.17) is 4.74 Å². The number of alkyl carbamates (subject to hydrolysis) is 1. The second-order valence-electron chi connectivity index (χ2n) is 5.15. The lowest BCUT2D eigenvalue weighted by atomic mass is 10.2. The van der Waals surface area contributed by atoms with E-state index in [1.807, 2.05) is 48.5 Å². The van der Waals surface area contributed by atoms with Gasteiger partial charge in [0.15, 0.2) is 0 Å². The SMILES string of the molecule is COC(=O)CCNC(=O)OCc1ccccc1.Cc1cccc(S)c1. The van der Waals surface area contributed by atoms with Crippen molar-refractivity contribution < 1.29 is 19.1 Å². The summed E-state index contributed by atoms with van der Waals surface area (Å²) in [5.41, 5.74) is 2.17. The summed E-state index contributed by atoms with van der Waals surface area (Å²) in [6, 6.07) is 17.4. The third-order valence-electron chi connectivity index (χ3n) is 3.04. The minimum Gasteiger partial charge on any atom is -0.469 e. The average molecular weight is 361 g/mol. The third kappa shape index (κ3) is 10.1. The Morgan fingerprint density at radius 3 is 2.36 bits per heavy atom. The van der Waals surface area contributed by atoms with Gasteiger partial charge in [0.25, 0.3) is 0 Å². The quantitative estimate of drug-likeness (QED) is 0.629. The van der Waals surface area contributed by atoms with Gasteiger partial charge < -0.3 is 14.8 Å². The molecule has 0 radical (unpaired) electrons. The lowest BCUT2D eigenvalue weighted by Crippen LogP contribution is -2.26. The molecule has 0 saturated heterocycles. The summed E-state index contributed by atoms with van der Waals surface area (Å²) in [5, 5.41) is 2.46. The summed E-state index contributed by atoms with van der Waals surface area (Å²) in [7, 11) is 1.30. The van der Waals surface area contributed by atoms with E-state index in [0.29, 0.717) is 0 Å². The first-order valence-corrected chi connectivity index (χ1v) is 8.23. The van der Waals surface area contributed by atoms with Crippen molar-refractivity contribution in [2.24, 2.45) is 0 Å². The fourth-order valence-electron chi connectivity index (χ4n) is 1.77. The van der Waals surface area contributed by atoms with Gasteiger partial charge in [0.2, 0.25) is 0 Å². The molecule has 1 amide bonds. The van der Waals surface area contributed by atoms with Gasteiger partial charge in [-0.05, 0) is 24.6 Å². The van der Waals surface area contributed by atoms with Gasteiger partial charge in [0.1, 0.15) is 6.61 Å².